The average molecular weight is 402 g/mol. The van der Waals surface area contributed by atoms with Gasteiger partial charge in [0.2, 0.25) is 0 Å². The molecule has 5 rings (SSSR count). The van der Waals surface area contributed by atoms with E-state index in [-0.39, 0.29) is 11.7 Å². The number of hydrogen-bond donors (Lipinski definition) is 0. The number of halogens is 1. The molecule has 0 saturated heterocycles. The Morgan fingerprint density at radius 3 is 2.37 bits per heavy atom. The summed E-state index contributed by atoms with van der Waals surface area (Å²) < 4.78 is 14.8. The van der Waals surface area contributed by atoms with Gasteiger partial charge in [-0.05, 0) is 48.9 Å². The number of para-hydroxylation sites is 2. The summed E-state index contributed by atoms with van der Waals surface area (Å²) in [5.74, 6) is 0.655. The normalized spacial score (nSPS) is 13.9. The van der Waals surface area contributed by atoms with Gasteiger partial charge in [0.25, 0.3) is 5.91 Å². The van der Waals surface area contributed by atoms with Gasteiger partial charge in [0, 0.05) is 26.3 Å². The molecule has 3 heterocycles. The van der Waals surface area contributed by atoms with Gasteiger partial charge in [-0.2, -0.15) is 5.10 Å². The number of rotatable bonds is 2. The molecule has 1 aliphatic rings. The topological polar surface area (TPSA) is 67.2 Å². The standard InChI is InChI=1S/C22H19FN6O/c1-27-12-4-13-28(21-20(27)24-17-5-2-3-6-18(17)25-21)22(30)19-11-14-29(26-19)16-9-7-15(23)8-10-16/h2-3,5-11,14H,4,12-13H2,1H3. The molecule has 1 amide bonds. The van der Waals surface area contributed by atoms with Gasteiger partial charge in [-0.3, -0.25) is 9.69 Å². The zero-order valence-electron chi connectivity index (χ0n) is 16.4. The lowest BCUT2D eigenvalue weighted by Gasteiger charge is -2.22. The van der Waals surface area contributed by atoms with Crippen LogP contribution in [-0.2, 0) is 0 Å². The van der Waals surface area contributed by atoms with Crippen LogP contribution in [-0.4, -0.2) is 45.8 Å². The lowest BCUT2D eigenvalue weighted by atomic mass is 10.3. The molecule has 30 heavy (non-hydrogen) atoms. The molecule has 0 saturated carbocycles. The molecule has 7 nitrogen and oxygen atoms in total. The van der Waals surface area contributed by atoms with Crippen molar-refractivity contribution in [3.63, 3.8) is 0 Å². The third-order valence-corrected chi connectivity index (χ3v) is 5.17. The maximum atomic E-state index is 13.4. The second-order valence-electron chi connectivity index (χ2n) is 7.21. The van der Waals surface area contributed by atoms with E-state index in [1.807, 2.05) is 36.2 Å². The first-order chi connectivity index (χ1) is 14.6. The maximum absolute atomic E-state index is 13.4. The number of anilines is 2. The molecule has 0 radical (unpaired) electrons. The van der Waals surface area contributed by atoms with Crippen LogP contribution in [0.15, 0.2) is 60.8 Å². The van der Waals surface area contributed by atoms with Gasteiger partial charge < -0.3 is 4.90 Å². The quantitative estimate of drug-likeness (QED) is 0.514. The van der Waals surface area contributed by atoms with Gasteiger partial charge >= 0.3 is 0 Å². The van der Waals surface area contributed by atoms with Crippen LogP contribution in [0.2, 0.25) is 0 Å². The number of amides is 1. The molecular weight excluding hydrogens is 383 g/mol. The number of benzene rings is 2. The van der Waals surface area contributed by atoms with Crippen LogP contribution in [0, 0.1) is 5.82 Å². The first-order valence-electron chi connectivity index (χ1n) is 9.71. The average Bonchev–Trinajstić information content (AvgIpc) is 3.20. The van der Waals surface area contributed by atoms with E-state index < -0.39 is 0 Å². The highest BCUT2D eigenvalue weighted by molar-refractivity contribution is 6.06. The van der Waals surface area contributed by atoms with Crippen molar-refractivity contribution >= 4 is 28.6 Å². The lowest BCUT2D eigenvalue weighted by Crippen LogP contribution is -2.33. The molecule has 0 unspecified atom stereocenters. The number of fused-ring (bicyclic) bond motifs is 2. The minimum Gasteiger partial charge on any atom is -0.357 e. The Labute approximate surface area is 172 Å². The van der Waals surface area contributed by atoms with Gasteiger partial charge in [0.15, 0.2) is 17.3 Å². The smallest absolute Gasteiger partial charge is 0.280 e. The molecule has 0 fully saturated rings. The van der Waals surface area contributed by atoms with Crippen molar-refractivity contribution in [2.24, 2.45) is 0 Å². The molecular formula is C22H19FN6O. The largest absolute Gasteiger partial charge is 0.357 e. The summed E-state index contributed by atoms with van der Waals surface area (Å²) in [7, 11) is 1.96. The van der Waals surface area contributed by atoms with Crippen molar-refractivity contribution in [3.8, 4) is 5.69 Å². The Balaban J connectivity index is 1.54. The Morgan fingerprint density at radius 2 is 1.63 bits per heavy atom. The van der Waals surface area contributed by atoms with Crippen LogP contribution >= 0.6 is 0 Å². The summed E-state index contributed by atoms with van der Waals surface area (Å²) >= 11 is 0. The second kappa shape index (κ2) is 7.22. The van der Waals surface area contributed by atoms with Crippen LogP contribution in [0.1, 0.15) is 16.9 Å². The molecule has 2 aromatic carbocycles. The molecule has 4 aromatic rings. The number of aromatic nitrogens is 4. The third-order valence-electron chi connectivity index (χ3n) is 5.17. The zero-order chi connectivity index (χ0) is 20.7. The highest BCUT2D eigenvalue weighted by Gasteiger charge is 2.28. The van der Waals surface area contributed by atoms with E-state index in [2.05, 4.69) is 5.10 Å². The Morgan fingerprint density at radius 1 is 0.933 bits per heavy atom. The fraction of sp³-hybridized carbons (Fsp3) is 0.182. The summed E-state index contributed by atoms with van der Waals surface area (Å²) in [6.07, 6.45) is 2.48. The zero-order valence-corrected chi connectivity index (χ0v) is 16.4. The fourth-order valence-electron chi connectivity index (χ4n) is 3.61. The summed E-state index contributed by atoms with van der Waals surface area (Å²) in [5.41, 5.74) is 2.50. The summed E-state index contributed by atoms with van der Waals surface area (Å²) in [5, 5.41) is 4.41. The van der Waals surface area contributed by atoms with E-state index in [9.17, 15) is 9.18 Å². The van der Waals surface area contributed by atoms with Crippen molar-refractivity contribution in [3.05, 3.63) is 72.3 Å². The summed E-state index contributed by atoms with van der Waals surface area (Å²) in [6, 6.07) is 15.2. The van der Waals surface area contributed by atoms with Crippen molar-refractivity contribution in [2.45, 2.75) is 6.42 Å². The number of nitrogens with zero attached hydrogens (tertiary/aromatic N) is 6. The Kier molecular flexibility index (Phi) is 4.39. The van der Waals surface area contributed by atoms with Crippen molar-refractivity contribution < 1.29 is 9.18 Å². The van der Waals surface area contributed by atoms with Gasteiger partial charge in [0.1, 0.15) is 5.82 Å². The van der Waals surface area contributed by atoms with E-state index in [0.29, 0.717) is 29.6 Å². The molecule has 1 aliphatic heterocycles. The number of hydrogen-bond acceptors (Lipinski definition) is 5. The second-order valence-corrected chi connectivity index (χ2v) is 7.21. The van der Waals surface area contributed by atoms with Gasteiger partial charge in [-0.25, -0.2) is 19.0 Å². The maximum Gasteiger partial charge on any atom is 0.280 e. The monoisotopic (exact) mass is 402 g/mol. The summed E-state index contributed by atoms with van der Waals surface area (Å²) in [4.78, 5) is 26.5. The van der Waals surface area contributed by atoms with E-state index in [1.165, 1.54) is 12.1 Å². The van der Waals surface area contributed by atoms with Crippen LogP contribution < -0.4 is 9.80 Å². The first kappa shape index (κ1) is 18.2. The van der Waals surface area contributed by atoms with Crippen LogP contribution in [0.5, 0.6) is 0 Å². The minimum atomic E-state index is -0.321. The van der Waals surface area contributed by atoms with Gasteiger partial charge in [-0.15, -0.1) is 0 Å². The highest BCUT2D eigenvalue weighted by atomic mass is 19.1. The van der Waals surface area contributed by atoms with Crippen LogP contribution in [0.25, 0.3) is 16.7 Å². The molecule has 0 N–H and O–H groups in total. The van der Waals surface area contributed by atoms with E-state index in [4.69, 9.17) is 9.97 Å². The molecule has 150 valence electrons. The molecule has 0 spiro atoms. The van der Waals surface area contributed by atoms with Gasteiger partial charge in [-0.1, -0.05) is 12.1 Å². The van der Waals surface area contributed by atoms with Crippen molar-refractivity contribution in [2.75, 3.05) is 29.9 Å². The third kappa shape index (κ3) is 3.16. The predicted octanol–water partition coefficient (Wildman–Crippen LogP) is 3.44. The molecule has 0 bridgehead atoms. The van der Waals surface area contributed by atoms with E-state index in [1.54, 1.807) is 34.0 Å². The number of carbonyl (C=O) groups excluding carboxylic acids is 1. The van der Waals surface area contributed by atoms with Crippen LogP contribution in [0.4, 0.5) is 16.0 Å². The van der Waals surface area contributed by atoms with Gasteiger partial charge in [0.05, 0.1) is 16.7 Å². The number of carbonyl (C=O) groups is 1. The predicted molar refractivity (Wildman–Crippen MR) is 113 cm³/mol. The Hall–Kier alpha value is -3.81. The molecule has 0 aliphatic carbocycles. The highest BCUT2D eigenvalue weighted by Crippen LogP contribution is 2.31. The Bertz CT molecular complexity index is 1240. The summed E-state index contributed by atoms with van der Waals surface area (Å²) in [6.45, 7) is 1.29. The first-order valence-corrected chi connectivity index (χ1v) is 9.71. The molecule has 0 atom stereocenters. The van der Waals surface area contributed by atoms with E-state index >= 15 is 0 Å². The molecule has 8 heteroatoms. The molecule has 2 aromatic heterocycles. The fourth-order valence-corrected chi connectivity index (χ4v) is 3.61. The van der Waals surface area contributed by atoms with Crippen molar-refractivity contribution in [1.29, 1.82) is 0 Å². The van der Waals surface area contributed by atoms with E-state index in [0.717, 1.165) is 24.0 Å². The SMILES string of the molecule is CN1CCCN(C(=O)c2ccn(-c3ccc(F)cc3)n2)c2nc3ccccc3nc21. The van der Waals surface area contributed by atoms with Crippen molar-refractivity contribution in [1.82, 2.24) is 19.7 Å². The lowest BCUT2D eigenvalue weighted by molar-refractivity contribution is 0.0981. The minimum absolute atomic E-state index is 0.239. The van der Waals surface area contributed by atoms with Crippen LogP contribution in [0.3, 0.4) is 0 Å².